The molecule has 0 bridgehead atoms. The Morgan fingerprint density at radius 3 is 1.05 bits per heavy atom. The number of aliphatic hydroxyl groups is 1. The second-order valence-corrected chi connectivity index (χ2v) is 6.44. The topological polar surface area (TPSA) is 20.2 Å². The number of allylic oxidation sites excluding steroid dienone is 1. The second kappa shape index (κ2) is 25.6. The number of rotatable bonds is 16. The maximum absolute atomic E-state index is 8.67. The van der Waals surface area contributed by atoms with Gasteiger partial charge in [0, 0.05) is 6.61 Å². The molecule has 134 valence electrons. The summed E-state index contributed by atoms with van der Waals surface area (Å²) in [5.74, 6) is 0. The highest BCUT2D eigenvalue weighted by Gasteiger charge is 1.94. The quantitative estimate of drug-likeness (QED) is 0.232. The Morgan fingerprint density at radius 2 is 0.818 bits per heavy atom. The Kier molecular flexibility index (Phi) is 27.9. The molecule has 0 unspecified atom stereocenters. The summed E-state index contributed by atoms with van der Waals surface area (Å²) in [5, 5.41) is 8.67. The van der Waals surface area contributed by atoms with Gasteiger partial charge in [-0.25, -0.2) is 0 Å². The van der Waals surface area contributed by atoms with Crippen LogP contribution in [0.1, 0.15) is 117 Å². The summed E-state index contributed by atoms with van der Waals surface area (Å²) in [6, 6.07) is 0. The average Bonchev–Trinajstić information content (AvgIpc) is 2.52. The molecule has 0 spiro atoms. The predicted molar refractivity (Wildman–Crippen MR) is 103 cm³/mol. The van der Waals surface area contributed by atoms with Gasteiger partial charge >= 0.3 is 0 Å². The van der Waals surface area contributed by atoms with Crippen molar-refractivity contribution < 1.29 is 5.11 Å². The van der Waals surface area contributed by atoms with Gasteiger partial charge in [-0.3, -0.25) is 0 Å². The van der Waals surface area contributed by atoms with E-state index in [9.17, 15) is 0 Å². The van der Waals surface area contributed by atoms with Crippen LogP contribution >= 0.6 is 0 Å². The lowest BCUT2D eigenvalue weighted by Gasteiger charge is -2.03. The van der Waals surface area contributed by atoms with Crippen LogP contribution in [-0.4, -0.2) is 11.7 Å². The van der Waals surface area contributed by atoms with E-state index < -0.39 is 0 Å². The minimum atomic E-state index is 0.373. The van der Waals surface area contributed by atoms with Crippen LogP contribution in [0.4, 0.5) is 0 Å². The molecular formula is C21H44O. The van der Waals surface area contributed by atoms with E-state index >= 15 is 0 Å². The molecule has 1 N–H and O–H groups in total. The molecule has 0 aromatic carbocycles. The summed E-state index contributed by atoms with van der Waals surface area (Å²) in [7, 11) is 0. The maximum Gasteiger partial charge on any atom is 0.0431 e. The van der Waals surface area contributed by atoms with Crippen LogP contribution in [0.2, 0.25) is 0 Å². The van der Waals surface area contributed by atoms with Crippen molar-refractivity contribution in [1.29, 1.82) is 0 Å². The molecule has 0 aromatic rings. The molecule has 0 fully saturated rings. The molecule has 0 radical (unpaired) electrons. The van der Waals surface area contributed by atoms with E-state index in [1.165, 1.54) is 96.3 Å². The standard InChI is InChI=1S/C18H38O.C3H6/c1-2-3-4-5-6-7-8-9-10-11-12-13-14-15-16-17-18-19;1-3-2/h19H,2-18H2,1H3;3H,1H2,2H3. The third-order valence-corrected chi connectivity index (χ3v) is 4.01. The van der Waals surface area contributed by atoms with Crippen molar-refractivity contribution in [2.24, 2.45) is 0 Å². The lowest BCUT2D eigenvalue weighted by molar-refractivity contribution is 0.282. The summed E-state index contributed by atoms with van der Waals surface area (Å²) in [4.78, 5) is 0. The molecule has 1 heteroatoms. The molecule has 0 saturated carbocycles. The highest BCUT2D eigenvalue weighted by atomic mass is 16.2. The van der Waals surface area contributed by atoms with Gasteiger partial charge in [-0.2, -0.15) is 0 Å². The smallest absolute Gasteiger partial charge is 0.0431 e. The molecule has 0 atom stereocenters. The van der Waals surface area contributed by atoms with Crippen LogP contribution in [0.3, 0.4) is 0 Å². The van der Waals surface area contributed by atoms with Gasteiger partial charge in [-0.15, -0.1) is 6.58 Å². The van der Waals surface area contributed by atoms with Crippen molar-refractivity contribution in [3.8, 4) is 0 Å². The number of hydrogen-bond acceptors (Lipinski definition) is 1. The molecular weight excluding hydrogens is 268 g/mol. The lowest BCUT2D eigenvalue weighted by Crippen LogP contribution is -1.85. The Bertz CT molecular complexity index is 161. The molecule has 0 aliphatic rings. The highest BCUT2D eigenvalue weighted by molar-refractivity contribution is 4.51. The minimum absolute atomic E-state index is 0.373. The zero-order valence-electron chi connectivity index (χ0n) is 15.8. The van der Waals surface area contributed by atoms with Crippen LogP contribution in [-0.2, 0) is 0 Å². The lowest BCUT2D eigenvalue weighted by atomic mass is 10.0. The van der Waals surface area contributed by atoms with Gasteiger partial charge in [0.2, 0.25) is 0 Å². The second-order valence-electron chi connectivity index (χ2n) is 6.44. The van der Waals surface area contributed by atoms with E-state index in [4.69, 9.17) is 5.11 Å². The molecule has 22 heavy (non-hydrogen) atoms. The monoisotopic (exact) mass is 312 g/mol. The van der Waals surface area contributed by atoms with E-state index in [1.54, 1.807) is 6.08 Å². The fourth-order valence-corrected chi connectivity index (χ4v) is 2.66. The largest absolute Gasteiger partial charge is 0.396 e. The van der Waals surface area contributed by atoms with Gasteiger partial charge in [-0.05, 0) is 13.3 Å². The van der Waals surface area contributed by atoms with E-state index in [0.29, 0.717) is 6.61 Å². The van der Waals surface area contributed by atoms with Gasteiger partial charge < -0.3 is 5.11 Å². The number of unbranched alkanes of at least 4 members (excludes halogenated alkanes) is 15. The SMILES string of the molecule is C=CC.CCCCCCCCCCCCCCCCCCO. The number of hydrogen-bond donors (Lipinski definition) is 1. The first-order chi connectivity index (χ1) is 10.8. The Labute approximate surface area is 141 Å². The van der Waals surface area contributed by atoms with E-state index in [2.05, 4.69) is 13.5 Å². The third kappa shape index (κ3) is 27.9. The first-order valence-corrected chi connectivity index (χ1v) is 10.0. The molecule has 0 aliphatic heterocycles. The van der Waals surface area contributed by atoms with Crippen molar-refractivity contribution in [2.75, 3.05) is 6.61 Å². The van der Waals surface area contributed by atoms with Gasteiger partial charge in [-0.1, -0.05) is 109 Å². The first-order valence-electron chi connectivity index (χ1n) is 10.0. The molecule has 0 aromatic heterocycles. The fraction of sp³-hybridized carbons (Fsp3) is 0.905. The zero-order chi connectivity index (χ0) is 16.7. The normalized spacial score (nSPS) is 10.1. The van der Waals surface area contributed by atoms with Crippen LogP contribution in [0, 0.1) is 0 Å². The summed E-state index contributed by atoms with van der Waals surface area (Å²) >= 11 is 0. The van der Waals surface area contributed by atoms with E-state index in [1.807, 2.05) is 6.92 Å². The Hall–Kier alpha value is -0.300. The summed E-state index contributed by atoms with van der Waals surface area (Å²) < 4.78 is 0. The Balaban J connectivity index is 0. The van der Waals surface area contributed by atoms with Crippen LogP contribution in [0.15, 0.2) is 12.7 Å². The van der Waals surface area contributed by atoms with Crippen LogP contribution < -0.4 is 0 Å². The fourth-order valence-electron chi connectivity index (χ4n) is 2.66. The highest BCUT2D eigenvalue weighted by Crippen LogP contribution is 2.13. The van der Waals surface area contributed by atoms with Crippen molar-refractivity contribution in [3.63, 3.8) is 0 Å². The van der Waals surface area contributed by atoms with Crippen LogP contribution in [0.5, 0.6) is 0 Å². The summed E-state index contributed by atoms with van der Waals surface area (Å²) in [6.45, 7) is 7.91. The first kappa shape index (κ1) is 24.0. The van der Waals surface area contributed by atoms with Gasteiger partial charge in [0.25, 0.3) is 0 Å². The molecule has 1 nitrogen and oxygen atoms in total. The third-order valence-electron chi connectivity index (χ3n) is 4.01. The maximum atomic E-state index is 8.67. The van der Waals surface area contributed by atoms with Gasteiger partial charge in [0.1, 0.15) is 0 Å². The van der Waals surface area contributed by atoms with Crippen molar-refractivity contribution in [3.05, 3.63) is 12.7 Å². The molecule has 0 saturated heterocycles. The van der Waals surface area contributed by atoms with Crippen LogP contribution in [0.25, 0.3) is 0 Å². The van der Waals surface area contributed by atoms with Gasteiger partial charge in [0.15, 0.2) is 0 Å². The minimum Gasteiger partial charge on any atom is -0.396 e. The Morgan fingerprint density at radius 1 is 0.591 bits per heavy atom. The predicted octanol–water partition coefficient (Wildman–Crippen LogP) is 7.43. The van der Waals surface area contributed by atoms with Gasteiger partial charge in [0.05, 0.1) is 0 Å². The molecule has 0 aliphatic carbocycles. The van der Waals surface area contributed by atoms with Crippen molar-refractivity contribution >= 4 is 0 Å². The summed E-state index contributed by atoms with van der Waals surface area (Å²) in [6.07, 6.45) is 23.9. The van der Waals surface area contributed by atoms with E-state index in [0.717, 1.165) is 6.42 Å². The number of aliphatic hydroxyl groups excluding tert-OH is 1. The van der Waals surface area contributed by atoms with Crippen molar-refractivity contribution in [1.82, 2.24) is 0 Å². The zero-order valence-corrected chi connectivity index (χ0v) is 15.8. The van der Waals surface area contributed by atoms with E-state index in [-0.39, 0.29) is 0 Å². The van der Waals surface area contributed by atoms with Crippen molar-refractivity contribution in [2.45, 2.75) is 117 Å². The summed E-state index contributed by atoms with van der Waals surface area (Å²) in [5.41, 5.74) is 0. The molecule has 0 amide bonds. The molecule has 0 heterocycles. The average molecular weight is 313 g/mol. The molecule has 0 rings (SSSR count).